The monoisotopic (exact) mass is 441 g/mol. The number of hydrogen-bond donors (Lipinski definition) is 2. The first kappa shape index (κ1) is 23.1. The quantitative estimate of drug-likeness (QED) is 0.546. The smallest absolute Gasteiger partial charge is 0.253 e. The van der Waals surface area contributed by atoms with Crippen molar-refractivity contribution in [1.82, 2.24) is 5.32 Å². The van der Waals surface area contributed by atoms with Gasteiger partial charge in [-0.05, 0) is 55.4 Å². The molecule has 31 heavy (non-hydrogen) atoms. The summed E-state index contributed by atoms with van der Waals surface area (Å²) in [7, 11) is 0. The predicted octanol–water partition coefficient (Wildman–Crippen LogP) is 4.85. The van der Waals surface area contributed by atoms with Crippen LogP contribution in [0.5, 0.6) is 0 Å². The summed E-state index contributed by atoms with van der Waals surface area (Å²) in [6, 6.07) is 15.7. The number of nitrogens with zero attached hydrogens (tertiary/aromatic N) is 1. The summed E-state index contributed by atoms with van der Waals surface area (Å²) in [5.41, 5.74) is 3.37. The van der Waals surface area contributed by atoms with Crippen LogP contribution in [0.4, 0.5) is 11.4 Å². The third-order valence-corrected chi connectivity index (χ3v) is 6.00. The number of nitrogens with one attached hydrogen (secondary N) is 2. The average Bonchev–Trinajstić information content (AvgIpc) is 2.79. The molecule has 1 aliphatic rings. The molecule has 0 radical (unpaired) electrons. The van der Waals surface area contributed by atoms with E-state index < -0.39 is 0 Å². The second kappa shape index (κ2) is 11.8. The fourth-order valence-electron chi connectivity index (χ4n) is 3.83. The van der Waals surface area contributed by atoms with Crippen LogP contribution in [-0.2, 0) is 11.2 Å². The molecule has 3 rings (SSSR count). The van der Waals surface area contributed by atoms with E-state index in [2.05, 4.69) is 34.6 Å². The number of halogens is 1. The molecule has 0 aromatic heterocycles. The van der Waals surface area contributed by atoms with E-state index in [9.17, 15) is 9.59 Å². The second-order valence-corrected chi connectivity index (χ2v) is 8.61. The topological polar surface area (TPSA) is 61.4 Å². The van der Waals surface area contributed by atoms with Crippen molar-refractivity contribution in [3.63, 3.8) is 0 Å². The molecule has 2 aromatic rings. The summed E-state index contributed by atoms with van der Waals surface area (Å²) in [6.07, 6.45) is 4.01. The summed E-state index contributed by atoms with van der Waals surface area (Å²) in [6.45, 7) is 4.71. The van der Waals surface area contributed by atoms with Crippen LogP contribution in [0.2, 0.25) is 0 Å². The van der Waals surface area contributed by atoms with Crippen molar-refractivity contribution < 1.29 is 9.59 Å². The lowest BCUT2D eigenvalue weighted by molar-refractivity contribution is -0.116. The van der Waals surface area contributed by atoms with E-state index in [1.54, 1.807) is 6.07 Å². The standard InChI is InChI=1S/C25H32ClN3O2/c1-19-12-16-29(17-13-19)23-10-9-21(28-24(30)8-5-14-26)18-22(23)25(31)27-15-11-20-6-3-2-4-7-20/h2-4,6-7,9-10,18-19H,5,8,11-17H2,1H3,(H,27,31)(H,28,30). The van der Waals surface area contributed by atoms with Gasteiger partial charge in [0.2, 0.25) is 5.91 Å². The zero-order valence-electron chi connectivity index (χ0n) is 18.2. The summed E-state index contributed by atoms with van der Waals surface area (Å²) < 4.78 is 0. The number of carbonyl (C=O) groups is 2. The second-order valence-electron chi connectivity index (χ2n) is 8.23. The van der Waals surface area contributed by atoms with E-state index in [-0.39, 0.29) is 11.8 Å². The van der Waals surface area contributed by atoms with Crippen LogP contribution in [0, 0.1) is 5.92 Å². The summed E-state index contributed by atoms with van der Waals surface area (Å²) in [4.78, 5) is 27.5. The molecule has 1 saturated heterocycles. The van der Waals surface area contributed by atoms with Gasteiger partial charge in [0.25, 0.3) is 5.91 Å². The number of rotatable bonds is 9. The normalized spacial score (nSPS) is 14.3. The molecule has 0 spiro atoms. The van der Waals surface area contributed by atoms with E-state index in [0.29, 0.717) is 42.4 Å². The van der Waals surface area contributed by atoms with Crippen LogP contribution in [0.1, 0.15) is 48.5 Å². The first-order valence-electron chi connectivity index (χ1n) is 11.1. The van der Waals surface area contributed by atoms with E-state index >= 15 is 0 Å². The Morgan fingerprint density at radius 3 is 2.55 bits per heavy atom. The van der Waals surface area contributed by atoms with Gasteiger partial charge in [-0.3, -0.25) is 9.59 Å². The van der Waals surface area contributed by atoms with Gasteiger partial charge in [-0.1, -0.05) is 37.3 Å². The molecule has 2 aromatic carbocycles. The fourth-order valence-corrected chi connectivity index (χ4v) is 3.97. The van der Waals surface area contributed by atoms with Crippen LogP contribution in [-0.4, -0.2) is 37.3 Å². The molecule has 0 atom stereocenters. The van der Waals surface area contributed by atoms with Crippen LogP contribution in [0.25, 0.3) is 0 Å². The van der Waals surface area contributed by atoms with E-state index in [1.165, 1.54) is 5.56 Å². The van der Waals surface area contributed by atoms with Gasteiger partial charge in [-0.15, -0.1) is 11.6 Å². The van der Waals surface area contributed by atoms with Gasteiger partial charge in [0, 0.05) is 43.3 Å². The number of carbonyl (C=O) groups excluding carboxylic acids is 2. The minimum atomic E-state index is -0.110. The molecule has 1 fully saturated rings. The van der Waals surface area contributed by atoms with Crippen molar-refractivity contribution >= 4 is 34.8 Å². The van der Waals surface area contributed by atoms with Crippen LogP contribution in [0.3, 0.4) is 0 Å². The van der Waals surface area contributed by atoms with Crippen LogP contribution >= 0.6 is 11.6 Å². The van der Waals surface area contributed by atoms with Crippen LogP contribution in [0.15, 0.2) is 48.5 Å². The maximum atomic E-state index is 13.1. The molecule has 5 nitrogen and oxygen atoms in total. The summed E-state index contributed by atoms with van der Waals surface area (Å²) >= 11 is 5.69. The molecule has 0 bridgehead atoms. The van der Waals surface area contributed by atoms with Gasteiger partial charge in [0.1, 0.15) is 0 Å². The lowest BCUT2D eigenvalue weighted by atomic mass is 9.97. The van der Waals surface area contributed by atoms with Crippen molar-refractivity contribution in [1.29, 1.82) is 0 Å². The van der Waals surface area contributed by atoms with Gasteiger partial charge in [-0.25, -0.2) is 0 Å². The summed E-state index contributed by atoms with van der Waals surface area (Å²) in [5, 5.41) is 5.95. The largest absolute Gasteiger partial charge is 0.371 e. The van der Waals surface area contributed by atoms with Crippen molar-refractivity contribution in [2.24, 2.45) is 5.92 Å². The Kier molecular flexibility index (Phi) is 8.77. The highest BCUT2D eigenvalue weighted by molar-refractivity contribution is 6.18. The number of piperidine rings is 1. The van der Waals surface area contributed by atoms with Gasteiger partial charge < -0.3 is 15.5 Å². The molecule has 166 valence electrons. The fraction of sp³-hybridized carbons (Fsp3) is 0.440. The SMILES string of the molecule is CC1CCN(c2ccc(NC(=O)CCCCl)cc2C(=O)NCCc2ccccc2)CC1. The van der Waals surface area contributed by atoms with Crippen molar-refractivity contribution in [2.75, 3.05) is 35.7 Å². The molecule has 1 heterocycles. The Labute approximate surface area is 190 Å². The third-order valence-electron chi connectivity index (χ3n) is 5.73. The predicted molar refractivity (Wildman–Crippen MR) is 128 cm³/mol. The minimum absolute atomic E-state index is 0.0874. The van der Waals surface area contributed by atoms with Gasteiger partial charge in [0.05, 0.1) is 5.56 Å². The highest BCUT2D eigenvalue weighted by atomic mass is 35.5. The Morgan fingerprint density at radius 2 is 1.84 bits per heavy atom. The average molecular weight is 442 g/mol. The highest BCUT2D eigenvalue weighted by Gasteiger charge is 2.21. The molecular weight excluding hydrogens is 410 g/mol. The number of alkyl halides is 1. The maximum Gasteiger partial charge on any atom is 0.253 e. The zero-order valence-corrected chi connectivity index (χ0v) is 19.0. The Balaban J connectivity index is 1.73. The van der Waals surface area contributed by atoms with Gasteiger partial charge >= 0.3 is 0 Å². The Bertz CT molecular complexity index is 864. The van der Waals surface area contributed by atoms with E-state index in [1.807, 2.05) is 30.3 Å². The lowest BCUT2D eigenvalue weighted by Gasteiger charge is -2.33. The van der Waals surface area contributed by atoms with E-state index in [4.69, 9.17) is 11.6 Å². The van der Waals surface area contributed by atoms with Crippen molar-refractivity contribution in [2.45, 2.75) is 39.0 Å². The lowest BCUT2D eigenvalue weighted by Crippen LogP contribution is -2.35. The molecule has 0 saturated carbocycles. The molecule has 1 aliphatic heterocycles. The number of anilines is 2. The molecule has 0 unspecified atom stereocenters. The molecule has 0 aliphatic carbocycles. The highest BCUT2D eigenvalue weighted by Crippen LogP contribution is 2.29. The van der Waals surface area contributed by atoms with Crippen LogP contribution < -0.4 is 15.5 Å². The first-order valence-corrected chi connectivity index (χ1v) is 11.7. The zero-order chi connectivity index (χ0) is 22.1. The molecular formula is C25H32ClN3O2. The van der Waals surface area contributed by atoms with Gasteiger partial charge in [-0.2, -0.15) is 0 Å². The Morgan fingerprint density at radius 1 is 1.10 bits per heavy atom. The summed E-state index contributed by atoms with van der Waals surface area (Å²) in [5.74, 6) is 0.964. The minimum Gasteiger partial charge on any atom is -0.371 e. The molecule has 2 amide bonds. The number of hydrogen-bond acceptors (Lipinski definition) is 3. The number of amides is 2. The van der Waals surface area contributed by atoms with Crippen molar-refractivity contribution in [3.8, 4) is 0 Å². The Hall–Kier alpha value is -2.53. The third kappa shape index (κ3) is 7.00. The maximum absolute atomic E-state index is 13.1. The molecule has 6 heteroatoms. The van der Waals surface area contributed by atoms with E-state index in [0.717, 1.165) is 38.0 Å². The first-order chi connectivity index (χ1) is 15.1. The van der Waals surface area contributed by atoms with Gasteiger partial charge in [0.15, 0.2) is 0 Å². The van der Waals surface area contributed by atoms with Crippen molar-refractivity contribution in [3.05, 3.63) is 59.7 Å². The number of benzene rings is 2. The molecule has 2 N–H and O–H groups in total.